The van der Waals surface area contributed by atoms with E-state index in [-0.39, 0.29) is 17.4 Å². The van der Waals surface area contributed by atoms with Crippen molar-refractivity contribution in [2.45, 2.75) is 25.5 Å². The second-order valence-corrected chi connectivity index (χ2v) is 12.1. The van der Waals surface area contributed by atoms with Crippen LogP contribution >= 0.6 is 11.3 Å². The molecule has 1 aromatic heterocycles. The fraction of sp³-hybridized carbons (Fsp3) is 0.105. The van der Waals surface area contributed by atoms with Crippen molar-refractivity contribution in [1.29, 1.82) is 0 Å². The lowest BCUT2D eigenvalue weighted by Gasteiger charge is -2.30. The summed E-state index contributed by atoms with van der Waals surface area (Å²) in [5, 5.41) is 2.33. The fourth-order valence-electron chi connectivity index (χ4n) is 6.41. The number of halogens is 1. The van der Waals surface area contributed by atoms with Gasteiger partial charge in [-0.05, 0) is 70.2 Å². The predicted octanol–water partition coefficient (Wildman–Crippen LogP) is 7.19. The van der Waals surface area contributed by atoms with Crippen LogP contribution in [-0.4, -0.2) is 4.57 Å². The van der Waals surface area contributed by atoms with E-state index < -0.39 is 0 Å². The molecule has 0 saturated heterocycles. The number of benzene rings is 5. The van der Waals surface area contributed by atoms with E-state index in [9.17, 15) is 9.18 Å². The van der Waals surface area contributed by atoms with Gasteiger partial charge in [0, 0.05) is 11.1 Å². The Kier molecular flexibility index (Phi) is 6.57. The molecule has 0 spiro atoms. The van der Waals surface area contributed by atoms with Gasteiger partial charge in [-0.1, -0.05) is 108 Å². The van der Waals surface area contributed by atoms with Crippen LogP contribution in [0.5, 0.6) is 5.75 Å². The Labute approximate surface area is 257 Å². The highest BCUT2D eigenvalue weighted by molar-refractivity contribution is 7.07. The molecule has 44 heavy (non-hydrogen) atoms. The number of nitrogens with zero attached hydrogens (tertiary/aromatic N) is 2. The first-order valence-electron chi connectivity index (χ1n) is 14.7. The second kappa shape index (κ2) is 10.9. The van der Waals surface area contributed by atoms with Crippen molar-refractivity contribution >= 4 is 33.9 Å². The molecule has 2 aliphatic rings. The van der Waals surface area contributed by atoms with Crippen molar-refractivity contribution in [2.24, 2.45) is 4.99 Å². The smallest absolute Gasteiger partial charge is 0.271 e. The third-order valence-corrected chi connectivity index (χ3v) is 9.51. The molecule has 6 heteroatoms. The topological polar surface area (TPSA) is 43.6 Å². The zero-order valence-electron chi connectivity index (χ0n) is 23.7. The Morgan fingerprint density at radius 1 is 0.864 bits per heavy atom. The van der Waals surface area contributed by atoms with Gasteiger partial charge in [0.05, 0.1) is 16.3 Å². The van der Waals surface area contributed by atoms with Gasteiger partial charge in [-0.25, -0.2) is 9.38 Å². The monoisotopic (exact) mass is 594 g/mol. The second-order valence-electron chi connectivity index (χ2n) is 11.1. The van der Waals surface area contributed by atoms with Crippen LogP contribution in [0.1, 0.15) is 40.3 Å². The van der Waals surface area contributed by atoms with E-state index in [4.69, 9.17) is 9.73 Å². The molecule has 1 unspecified atom stereocenters. The molecule has 0 bridgehead atoms. The molecule has 6 aromatic rings. The molecule has 1 aliphatic heterocycles. The summed E-state index contributed by atoms with van der Waals surface area (Å²) in [7, 11) is 0. The number of ether oxygens (including phenoxy) is 1. The molecule has 1 aliphatic carbocycles. The van der Waals surface area contributed by atoms with Crippen molar-refractivity contribution < 1.29 is 9.13 Å². The van der Waals surface area contributed by atoms with Crippen LogP contribution in [-0.2, 0) is 13.0 Å². The van der Waals surface area contributed by atoms with E-state index in [1.165, 1.54) is 34.4 Å². The van der Waals surface area contributed by atoms with Crippen LogP contribution in [0.2, 0.25) is 0 Å². The summed E-state index contributed by atoms with van der Waals surface area (Å²) in [6.45, 7) is 0.407. The number of hydrogen-bond donors (Lipinski definition) is 0. The van der Waals surface area contributed by atoms with Crippen molar-refractivity contribution in [3.63, 3.8) is 0 Å². The largest absolute Gasteiger partial charge is 0.488 e. The summed E-state index contributed by atoms with van der Waals surface area (Å²) in [6, 6.07) is 36.8. The maximum absolute atomic E-state index is 14.2. The number of allylic oxidation sites excluding steroid dienone is 1. The average molecular weight is 595 g/mol. The van der Waals surface area contributed by atoms with Crippen molar-refractivity contribution in [3.8, 4) is 5.75 Å². The normalized spacial score (nSPS) is 15.8. The van der Waals surface area contributed by atoms with Gasteiger partial charge in [0.1, 0.15) is 18.2 Å². The molecular formula is C38H27FN2O2S. The van der Waals surface area contributed by atoms with Gasteiger partial charge in [-0.15, -0.1) is 0 Å². The minimum Gasteiger partial charge on any atom is -0.488 e. The van der Waals surface area contributed by atoms with Crippen LogP contribution in [0.4, 0.5) is 4.39 Å². The van der Waals surface area contributed by atoms with Gasteiger partial charge in [0.15, 0.2) is 4.80 Å². The van der Waals surface area contributed by atoms with Crippen molar-refractivity contribution in [2.75, 3.05) is 0 Å². The van der Waals surface area contributed by atoms with E-state index in [1.807, 2.05) is 54.6 Å². The fourth-order valence-corrected chi connectivity index (χ4v) is 7.41. The Morgan fingerprint density at radius 2 is 1.64 bits per heavy atom. The third kappa shape index (κ3) is 4.59. The summed E-state index contributed by atoms with van der Waals surface area (Å²) in [5.41, 5.74) is 7.06. The summed E-state index contributed by atoms with van der Waals surface area (Å²) < 4.78 is 22.7. The number of aromatic nitrogens is 1. The molecule has 0 N–H and O–H groups in total. The van der Waals surface area contributed by atoms with Crippen molar-refractivity contribution in [1.82, 2.24) is 4.57 Å². The first-order chi connectivity index (χ1) is 21.6. The van der Waals surface area contributed by atoms with Gasteiger partial charge in [0.2, 0.25) is 0 Å². The van der Waals surface area contributed by atoms with Gasteiger partial charge in [-0.2, -0.15) is 0 Å². The zero-order chi connectivity index (χ0) is 29.6. The molecule has 0 fully saturated rings. The minimum atomic E-state index is -0.352. The predicted molar refractivity (Wildman–Crippen MR) is 174 cm³/mol. The van der Waals surface area contributed by atoms with Gasteiger partial charge >= 0.3 is 0 Å². The quantitative estimate of drug-likeness (QED) is 0.212. The third-order valence-electron chi connectivity index (χ3n) is 8.53. The summed E-state index contributed by atoms with van der Waals surface area (Å²) >= 11 is 1.38. The Hall–Kier alpha value is -5.07. The number of aryl methyl sites for hydroxylation is 1. The molecule has 0 amide bonds. The molecule has 2 heterocycles. The molecule has 214 valence electrons. The maximum atomic E-state index is 14.2. The molecule has 0 radical (unpaired) electrons. The Morgan fingerprint density at radius 3 is 2.55 bits per heavy atom. The lowest BCUT2D eigenvalue weighted by atomic mass is 9.83. The first-order valence-corrected chi connectivity index (χ1v) is 15.5. The lowest BCUT2D eigenvalue weighted by molar-refractivity contribution is 0.307. The number of thiazole rings is 1. The molecular weight excluding hydrogens is 567 g/mol. The molecule has 0 saturated carbocycles. The van der Waals surface area contributed by atoms with E-state index in [0.717, 1.165) is 51.8 Å². The van der Waals surface area contributed by atoms with Crippen LogP contribution < -0.4 is 19.6 Å². The minimum absolute atomic E-state index is 0.114. The summed E-state index contributed by atoms with van der Waals surface area (Å²) in [5.74, 6) is 0.402. The van der Waals surface area contributed by atoms with Crippen LogP contribution in [0.25, 0.3) is 22.5 Å². The lowest BCUT2D eigenvalue weighted by Crippen LogP contribution is -2.38. The van der Waals surface area contributed by atoms with E-state index in [0.29, 0.717) is 21.7 Å². The van der Waals surface area contributed by atoms with E-state index >= 15 is 0 Å². The summed E-state index contributed by atoms with van der Waals surface area (Å²) in [4.78, 5) is 19.9. The zero-order valence-corrected chi connectivity index (χ0v) is 24.6. The van der Waals surface area contributed by atoms with Crippen LogP contribution in [0.15, 0.2) is 131 Å². The van der Waals surface area contributed by atoms with Crippen LogP contribution in [0.3, 0.4) is 0 Å². The number of para-hydroxylation sites is 1. The molecule has 1 atom stereocenters. The molecule has 4 nitrogen and oxygen atoms in total. The number of rotatable bonds is 5. The highest BCUT2D eigenvalue weighted by atomic mass is 32.1. The number of hydrogen-bond acceptors (Lipinski definition) is 4. The first kappa shape index (κ1) is 26.5. The highest BCUT2D eigenvalue weighted by Gasteiger charge is 2.32. The molecule has 8 rings (SSSR count). The Bertz CT molecular complexity index is 2280. The van der Waals surface area contributed by atoms with Gasteiger partial charge < -0.3 is 4.74 Å². The SMILES string of the molecule is O=c1/c(=C\c2ccccc2OCc2cccc3ccccc23)sc2n1C(c1ccc(F)cc1)C1=C(N=2)c2ccccc2CC1. The highest BCUT2D eigenvalue weighted by Crippen LogP contribution is 2.41. The van der Waals surface area contributed by atoms with Crippen LogP contribution in [0, 0.1) is 5.82 Å². The van der Waals surface area contributed by atoms with E-state index in [2.05, 4.69) is 42.5 Å². The van der Waals surface area contributed by atoms with E-state index in [1.54, 1.807) is 16.7 Å². The average Bonchev–Trinajstić information content (AvgIpc) is 3.37. The van der Waals surface area contributed by atoms with Gasteiger partial charge in [0.25, 0.3) is 5.56 Å². The number of fused-ring (bicyclic) bond motifs is 4. The maximum Gasteiger partial charge on any atom is 0.271 e. The Balaban J connectivity index is 1.23. The standard InChI is InChI=1S/C38H27FN2O2S/c39-29-19-16-26(17-20-29)36-32-21-18-25-9-2-5-14-31(25)35(32)40-38-41(36)37(42)34(44-38)22-27-10-3-6-15-33(27)43-23-28-12-7-11-24-8-1-4-13-30(24)28/h1-17,19-20,22,36H,18,21,23H2/b34-22+. The van der Waals surface area contributed by atoms with Gasteiger partial charge in [-0.3, -0.25) is 9.36 Å². The summed E-state index contributed by atoms with van der Waals surface area (Å²) in [6.07, 6.45) is 3.56. The van der Waals surface area contributed by atoms with Crippen molar-refractivity contribution in [3.05, 3.63) is 174 Å². The molecule has 5 aromatic carbocycles.